The summed E-state index contributed by atoms with van der Waals surface area (Å²) in [6.07, 6.45) is 3.25. The molecular formula is C13H19NO4. The molecule has 100 valence electrons. The summed E-state index contributed by atoms with van der Waals surface area (Å²) < 4.78 is 0. The number of carboxylic acids is 1. The summed E-state index contributed by atoms with van der Waals surface area (Å²) in [6.45, 7) is 2.16. The predicted molar refractivity (Wildman–Crippen MR) is 63.6 cm³/mol. The number of imide groups is 1. The SMILES string of the molecule is CCC(CC(=O)O)CN1C(=O)C2CCCC2C1=O. The lowest BCUT2D eigenvalue weighted by Crippen LogP contribution is -2.36. The normalized spacial score (nSPS) is 28.6. The fourth-order valence-corrected chi connectivity index (χ4v) is 3.08. The molecule has 3 unspecified atom stereocenters. The molecule has 2 fully saturated rings. The van der Waals surface area contributed by atoms with Gasteiger partial charge in [-0.3, -0.25) is 19.3 Å². The first kappa shape index (κ1) is 13.1. The molecular weight excluding hydrogens is 234 g/mol. The van der Waals surface area contributed by atoms with Crippen LogP contribution < -0.4 is 0 Å². The lowest BCUT2D eigenvalue weighted by Gasteiger charge is -2.21. The first-order valence-corrected chi connectivity index (χ1v) is 6.61. The largest absolute Gasteiger partial charge is 0.481 e. The first-order valence-electron chi connectivity index (χ1n) is 6.61. The van der Waals surface area contributed by atoms with E-state index in [1.807, 2.05) is 6.92 Å². The smallest absolute Gasteiger partial charge is 0.303 e. The van der Waals surface area contributed by atoms with Crippen molar-refractivity contribution in [2.45, 2.75) is 39.0 Å². The molecule has 5 heteroatoms. The van der Waals surface area contributed by atoms with Crippen LogP contribution in [0.15, 0.2) is 0 Å². The highest BCUT2D eigenvalue weighted by molar-refractivity contribution is 6.05. The van der Waals surface area contributed by atoms with Gasteiger partial charge >= 0.3 is 5.97 Å². The Labute approximate surface area is 106 Å². The van der Waals surface area contributed by atoms with Crippen LogP contribution in [0.4, 0.5) is 0 Å². The number of carbonyl (C=O) groups excluding carboxylic acids is 2. The molecule has 0 aromatic carbocycles. The van der Waals surface area contributed by atoms with Crippen LogP contribution in [0.3, 0.4) is 0 Å². The van der Waals surface area contributed by atoms with Gasteiger partial charge in [-0.1, -0.05) is 19.8 Å². The molecule has 5 nitrogen and oxygen atoms in total. The minimum Gasteiger partial charge on any atom is -0.481 e. The van der Waals surface area contributed by atoms with Gasteiger partial charge in [-0.05, 0) is 18.8 Å². The highest BCUT2D eigenvalue weighted by Crippen LogP contribution is 2.40. The number of fused-ring (bicyclic) bond motifs is 1. The van der Waals surface area contributed by atoms with Gasteiger partial charge < -0.3 is 5.11 Å². The maximum Gasteiger partial charge on any atom is 0.303 e. The first-order chi connectivity index (χ1) is 8.54. The maximum absolute atomic E-state index is 12.1. The van der Waals surface area contributed by atoms with E-state index in [0.717, 1.165) is 19.3 Å². The van der Waals surface area contributed by atoms with Gasteiger partial charge in [0.05, 0.1) is 11.8 Å². The van der Waals surface area contributed by atoms with Crippen LogP contribution in [0.25, 0.3) is 0 Å². The van der Waals surface area contributed by atoms with Gasteiger partial charge in [0.25, 0.3) is 0 Å². The monoisotopic (exact) mass is 253 g/mol. The Morgan fingerprint density at radius 3 is 2.33 bits per heavy atom. The van der Waals surface area contributed by atoms with Gasteiger partial charge in [0, 0.05) is 13.0 Å². The van der Waals surface area contributed by atoms with E-state index in [9.17, 15) is 14.4 Å². The predicted octanol–water partition coefficient (Wildman–Crippen LogP) is 1.27. The van der Waals surface area contributed by atoms with Crippen molar-refractivity contribution in [2.75, 3.05) is 6.54 Å². The maximum atomic E-state index is 12.1. The number of hydrogen-bond acceptors (Lipinski definition) is 3. The summed E-state index contributed by atoms with van der Waals surface area (Å²) in [5.41, 5.74) is 0. The van der Waals surface area contributed by atoms with Crippen molar-refractivity contribution in [3.05, 3.63) is 0 Å². The minimum absolute atomic E-state index is 0.0168. The number of likely N-dealkylation sites (tertiary alicyclic amines) is 1. The Morgan fingerprint density at radius 2 is 1.89 bits per heavy atom. The number of rotatable bonds is 5. The molecule has 2 amide bonds. The summed E-state index contributed by atoms with van der Waals surface area (Å²) in [6, 6.07) is 0. The van der Waals surface area contributed by atoms with Gasteiger partial charge in [-0.15, -0.1) is 0 Å². The molecule has 1 saturated carbocycles. The molecule has 1 N–H and O–H groups in total. The van der Waals surface area contributed by atoms with E-state index in [1.54, 1.807) is 0 Å². The minimum atomic E-state index is -0.874. The molecule has 0 bridgehead atoms. The number of carboxylic acid groups (broad SMARTS) is 1. The number of hydrogen-bond donors (Lipinski definition) is 1. The lowest BCUT2D eigenvalue weighted by atomic mass is 10.00. The molecule has 3 atom stereocenters. The van der Waals surface area contributed by atoms with Crippen LogP contribution in [-0.4, -0.2) is 34.3 Å². The number of carbonyl (C=O) groups is 3. The van der Waals surface area contributed by atoms with Crippen molar-refractivity contribution in [1.82, 2.24) is 4.90 Å². The Morgan fingerprint density at radius 1 is 1.33 bits per heavy atom. The number of nitrogens with zero attached hydrogens (tertiary/aromatic N) is 1. The summed E-state index contributed by atoms with van der Waals surface area (Å²) in [4.78, 5) is 36.2. The summed E-state index contributed by atoms with van der Waals surface area (Å²) in [5.74, 6) is -1.41. The van der Waals surface area contributed by atoms with Gasteiger partial charge in [-0.2, -0.15) is 0 Å². The van der Waals surface area contributed by atoms with Crippen LogP contribution >= 0.6 is 0 Å². The molecule has 0 radical (unpaired) electrons. The number of aliphatic carboxylic acids is 1. The fourth-order valence-electron chi connectivity index (χ4n) is 3.08. The third-order valence-electron chi connectivity index (χ3n) is 4.16. The van der Waals surface area contributed by atoms with E-state index < -0.39 is 5.97 Å². The van der Waals surface area contributed by atoms with E-state index in [0.29, 0.717) is 6.42 Å². The van der Waals surface area contributed by atoms with E-state index in [-0.39, 0.29) is 42.5 Å². The third kappa shape index (κ3) is 2.26. The molecule has 1 aliphatic heterocycles. The molecule has 0 aromatic rings. The van der Waals surface area contributed by atoms with Crippen LogP contribution in [0.2, 0.25) is 0 Å². The fraction of sp³-hybridized carbons (Fsp3) is 0.769. The van der Waals surface area contributed by atoms with Crippen LogP contribution in [-0.2, 0) is 14.4 Å². The Kier molecular flexibility index (Phi) is 3.68. The Balaban J connectivity index is 2.03. The van der Waals surface area contributed by atoms with Gasteiger partial charge in [0.2, 0.25) is 11.8 Å². The molecule has 1 saturated heterocycles. The second-order valence-electron chi connectivity index (χ2n) is 5.30. The molecule has 18 heavy (non-hydrogen) atoms. The lowest BCUT2D eigenvalue weighted by molar-refractivity contribution is -0.144. The third-order valence-corrected chi connectivity index (χ3v) is 4.16. The molecule has 2 rings (SSSR count). The van der Waals surface area contributed by atoms with E-state index in [2.05, 4.69) is 0 Å². The molecule has 1 heterocycles. The topological polar surface area (TPSA) is 74.7 Å². The van der Waals surface area contributed by atoms with Gasteiger partial charge in [-0.25, -0.2) is 0 Å². The van der Waals surface area contributed by atoms with Gasteiger partial charge in [0.15, 0.2) is 0 Å². The van der Waals surface area contributed by atoms with Crippen molar-refractivity contribution in [3.63, 3.8) is 0 Å². The van der Waals surface area contributed by atoms with E-state index >= 15 is 0 Å². The zero-order valence-corrected chi connectivity index (χ0v) is 10.6. The van der Waals surface area contributed by atoms with Crippen molar-refractivity contribution < 1.29 is 19.5 Å². The second-order valence-corrected chi connectivity index (χ2v) is 5.30. The van der Waals surface area contributed by atoms with Crippen molar-refractivity contribution in [3.8, 4) is 0 Å². The molecule has 1 aliphatic carbocycles. The van der Waals surface area contributed by atoms with Crippen molar-refractivity contribution in [2.24, 2.45) is 17.8 Å². The average Bonchev–Trinajstić information content (AvgIpc) is 2.87. The van der Waals surface area contributed by atoms with Crippen molar-refractivity contribution >= 4 is 17.8 Å². The highest BCUT2D eigenvalue weighted by atomic mass is 16.4. The standard InChI is InChI=1S/C13H19NO4/c1-2-8(6-11(15)16)7-14-12(17)9-4-3-5-10(9)13(14)18/h8-10H,2-7H2,1H3,(H,15,16). The second kappa shape index (κ2) is 5.08. The summed E-state index contributed by atoms with van der Waals surface area (Å²) in [7, 11) is 0. The Hall–Kier alpha value is -1.39. The van der Waals surface area contributed by atoms with Gasteiger partial charge in [0.1, 0.15) is 0 Å². The van der Waals surface area contributed by atoms with Crippen LogP contribution in [0.1, 0.15) is 39.0 Å². The van der Waals surface area contributed by atoms with Crippen LogP contribution in [0, 0.1) is 17.8 Å². The average molecular weight is 253 g/mol. The summed E-state index contributed by atoms with van der Waals surface area (Å²) >= 11 is 0. The molecule has 2 aliphatic rings. The summed E-state index contributed by atoms with van der Waals surface area (Å²) in [5, 5.41) is 8.79. The zero-order chi connectivity index (χ0) is 13.3. The van der Waals surface area contributed by atoms with E-state index in [1.165, 1.54) is 4.90 Å². The van der Waals surface area contributed by atoms with Crippen molar-refractivity contribution in [1.29, 1.82) is 0 Å². The molecule has 0 spiro atoms. The Bertz CT molecular complexity index is 357. The quantitative estimate of drug-likeness (QED) is 0.749. The highest BCUT2D eigenvalue weighted by Gasteiger charge is 2.49. The molecule has 0 aromatic heterocycles. The number of amides is 2. The van der Waals surface area contributed by atoms with Crippen LogP contribution in [0.5, 0.6) is 0 Å². The van der Waals surface area contributed by atoms with E-state index in [4.69, 9.17) is 5.11 Å². The zero-order valence-electron chi connectivity index (χ0n) is 10.6.